The summed E-state index contributed by atoms with van der Waals surface area (Å²) in [6.45, 7) is 5.80. The van der Waals surface area contributed by atoms with Gasteiger partial charge in [-0.15, -0.1) is 0 Å². The molecule has 1 aliphatic rings. The Labute approximate surface area is 130 Å². The lowest BCUT2D eigenvalue weighted by Crippen LogP contribution is -2.23. The lowest BCUT2D eigenvalue weighted by atomic mass is 9.99. The van der Waals surface area contributed by atoms with Crippen molar-refractivity contribution in [3.8, 4) is 5.75 Å². The van der Waals surface area contributed by atoms with Crippen LogP contribution in [0.5, 0.6) is 5.75 Å². The van der Waals surface area contributed by atoms with Crippen LogP contribution in [0.1, 0.15) is 35.4 Å². The zero-order valence-electron chi connectivity index (χ0n) is 12.4. The van der Waals surface area contributed by atoms with Gasteiger partial charge in [-0.3, -0.25) is 0 Å². The lowest BCUT2D eigenvalue weighted by Gasteiger charge is -2.18. The van der Waals surface area contributed by atoms with Crippen LogP contribution < -0.4 is 10.1 Å². The molecule has 2 heterocycles. The number of likely N-dealkylation sites (N-methyl/N-ethyl adjacent to an activating group) is 1. The molecule has 1 unspecified atom stereocenters. The molecule has 1 atom stereocenters. The standard InChI is InChI=1S/C17H20ClNO2/c1-3-19-15(16-11(2)4-6-20-16)10-13-9-14(18)8-12-5-7-21-17(12)13/h4,6,8-9,15,19H,3,5,7,10H2,1-2H3. The van der Waals surface area contributed by atoms with Gasteiger partial charge >= 0.3 is 0 Å². The molecule has 3 rings (SSSR count). The minimum Gasteiger partial charge on any atom is -0.493 e. The molecule has 0 fully saturated rings. The molecule has 21 heavy (non-hydrogen) atoms. The Hall–Kier alpha value is -1.45. The van der Waals surface area contributed by atoms with Crippen molar-refractivity contribution in [2.75, 3.05) is 13.2 Å². The number of benzene rings is 1. The summed E-state index contributed by atoms with van der Waals surface area (Å²) >= 11 is 6.25. The maximum atomic E-state index is 6.25. The molecule has 2 aromatic rings. The van der Waals surface area contributed by atoms with E-state index in [9.17, 15) is 0 Å². The number of ether oxygens (including phenoxy) is 1. The van der Waals surface area contributed by atoms with Gasteiger partial charge in [0, 0.05) is 11.4 Å². The predicted octanol–water partition coefficient (Wildman–Crippen LogP) is 4.07. The van der Waals surface area contributed by atoms with E-state index in [2.05, 4.69) is 19.2 Å². The summed E-state index contributed by atoms with van der Waals surface area (Å²) in [4.78, 5) is 0. The fourth-order valence-electron chi connectivity index (χ4n) is 2.96. The van der Waals surface area contributed by atoms with E-state index in [1.807, 2.05) is 18.2 Å². The number of rotatable bonds is 5. The molecular formula is C17H20ClNO2. The first-order valence-corrected chi connectivity index (χ1v) is 7.78. The molecule has 0 bridgehead atoms. The molecule has 3 nitrogen and oxygen atoms in total. The van der Waals surface area contributed by atoms with Crippen LogP contribution in [0.15, 0.2) is 28.9 Å². The Bertz CT molecular complexity index is 636. The summed E-state index contributed by atoms with van der Waals surface area (Å²) in [6.07, 6.45) is 3.49. The van der Waals surface area contributed by atoms with E-state index in [1.54, 1.807) is 6.26 Å². The topological polar surface area (TPSA) is 34.4 Å². The van der Waals surface area contributed by atoms with E-state index in [0.29, 0.717) is 0 Å². The zero-order chi connectivity index (χ0) is 14.8. The normalized spacial score (nSPS) is 14.8. The number of halogens is 1. The van der Waals surface area contributed by atoms with Gasteiger partial charge in [0.15, 0.2) is 0 Å². The molecule has 0 saturated heterocycles. The van der Waals surface area contributed by atoms with Gasteiger partial charge in [0.25, 0.3) is 0 Å². The van der Waals surface area contributed by atoms with Crippen LogP contribution in [0.2, 0.25) is 5.02 Å². The van der Waals surface area contributed by atoms with Gasteiger partial charge in [0.05, 0.1) is 18.9 Å². The number of nitrogens with one attached hydrogen (secondary N) is 1. The van der Waals surface area contributed by atoms with Gasteiger partial charge in [-0.2, -0.15) is 0 Å². The van der Waals surface area contributed by atoms with Gasteiger partial charge in [0.2, 0.25) is 0 Å². The molecule has 1 aromatic heterocycles. The monoisotopic (exact) mass is 305 g/mol. The van der Waals surface area contributed by atoms with Crippen molar-refractivity contribution in [3.05, 3.63) is 51.9 Å². The van der Waals surface area contributed by atoms with E-state index in [4.69, 9.17) is 20.8 Å². The second kappa shape index (κ2) is 6.12. The Morgan fingerprint density at radius 3 is 2.95 bits per heavy atom. The molecule has 1 N–H and O–H groups in total. The van der Waals surface area contributed by atoms with E-state index >= 15 is 0 Å². The summed E-state index contributed by atoms with van der Waals surface area (Å²) in [5, 5.41) is 4.27. The summed E-state index contributed by atoms with van der Waals surface area (Å²) in [5.41, 5.74) is 3.53. The first-order valence-electron chi connectivity index (χ1n) is 7.40. The number of fused-ring (bicyclic) bond motifs is 1. The Morgan fingerprint density at radius 2 is 2.24 bits per heavy atom. The maximum Gasteiger partial charge on any atom is 0.125 e. The molecule has 4 heteroatoms. The number of hydrogen-bond donors (Lipinski definition) is 1. The molecule has 0 amide bonds. The van der Waals surface area contributed by atoms with Crippen LogP contribution in [-0.2, 0) is 12.8 Å². The Kier molecular flexibility index (Phi) is 4.22. The van der Waals surface area contributed by atoms with Crippen molar-refractivity contribution in [2.45, 2.75) is 32.7 Å². The molecule has 1 aromatic carbocycles. The number of furan rings is 1. The highest BCUT2D eigenvalue weighted by atomic mass is 35.5. The van der Waals surface area contributed by atoms with Crippen molar-refractivity contribution in [3.63, 3.8) is 0 Å². The van der Waals surface area contributed by atoms with Crippen molar-refractivity contribution < 1.29 is 9.15 Å². The quantitative estimate of drug-likeness (QED) is 0.904. The maximum absolute atomic E-state index is 6.25. The molecule has 0 spiro atoms. The highest BCUT2D eigenvalue weighted by Crippen LogP contribution is 2.35. The number of hydrogen-bond acceptors (Lipinski definition) is 3. The summed E-state index contributed by atoms with van der Waals surface area (Å²) < 4.78 is 11.5. The molecule has 0 radical (unpaired) electrons. The van der Waals surface area contributed by atoms with E-state index < -0.39 is 0 Å². The van der Waals surface area contributed by atoms with Gasteiger partial charge in [-0.05, 0) is 54.8 Å². The van der Waals surface area contributed by atoms with E-state index in [-0.39, 0.29) is 6.04 Å². The van der Waals surface area contributed by atoms with E-state index in [0.717, 1.165) is 48.1 Å². The number of aryl methyl sites for hydroxylation is 1. The molecule has 1 aliphatic heterocycles. The van der Waals surface area contributed by atoms with Crippen molar-refractivity contribution in [1.29, 1.82) is 0 Å². The fraction of sp³-hybridized carbons (Fsp3) is 0.412. The highest BCUT2D eigenvalue weighted by Gasteiger charge is 2.23. The molecule has 0 saturated carbocycles. The largest absolute Gasteiger partial charge is 0.493 e. The van der Waals surface area contributed by atoms with Crippen LogP contribution in [0, 0.1) is 6.92 Å². The average Bonchev–Trinajstić information content (AvgIpc) is 3.06. The van der Waals surface area contributed by atoms with Crippen molar-refractivity contribution in [1.82, 2.24) is 5.32 Å². The van der Waals surface area contributed by atoms with E-state index in [1.165, 1.54) is 11.1 Å². The SMILES string of the molecule is CCNC(Cc1cc(Cl)cc2c1OCC2)c1occc1C. The summed E-state index contributed by atoms with van der Waals surface area (Å²) in [7, 11) is 0. The van der Waals surface area contributed by atoms with Crippen LogP contribution in [0.3, 0.4) is 0 Å². The first kappa shape index (κ1) is 14.5. The van der Waals surface area contributed by atoms with Gasteiger partial charge < -0.3 is 14.5 Å². The summed E-state index contributed by atoms with van der Waals surface area (Å²) in [5.74, 6) is 2.00. The van der Waals surface area contributed by atoms with Crippen LogP contribution in [-0.4, -0.2) is 13.2 Å². The smallest absolute Gasteiger partial charge is 0.125 e. The minimum absolute atomic E-state index is 0.136. The third-order valence-corrected chi connectivity index (χ3v) is 4.14. The Morgan fingerprint density at radius 1 is 1.38 bits per heavy atom. The van der Waals surface area contributed by atoms with Gasteiger partial charge in [-0.1, -0.05) is 18.5 Å². The summed E-state index contributed by atoms with van der Waals surface area (Å²) in [6, 6.07) is 6.15. The third-order valence-electron chi connectivity index (χ3n) is 3.92. The second-order valence-corrected chi connectivity index (χ2v) is 5.87. The second-order valence-electron chi connectivity index (χ2n) is 5.43. The first-order chi connectivity index (χ1) is 10.2. The Balaban J connectivity index is 1.92. The molecular weight excluding hydrogens is 286 g/mol. The zero-order valence-corrected chi connectivity index (χ0v) is 13.2. The van der Waals surface area contributed by atoms with Crippen LogP contribution >= 0.6 is 11.6 Å². The van der Waals surface area contributed by atoms with Gasteiger partial charge in [0.1, 0.15) is 11.5 Å². The molecule has 112 valence electrons. The molecule has 0 aliphatic carbocycles. The van der Waals surface area contributed by atoms with Crippen molar-refractivity contribution in [2.24, 2.45) is 0 Å². The van der Waals surface area contributed by atoms with Crippen LogP contribution in [0.25, 0.3) is 0 Å². The highest BCUT2D eigenvalue weighted by molar-refractivity contribution is 6.30. The van der Waals surface area contributed by atoms with Crippen LogP contribution in [0.4, 0.5) is 0 Å². The minimum atomic E-state index is 0.136. The third kappa shape index (κ3) is 2.94. The fourth-order valence-corrected chi connectivity index (χ4v) is 3.23. The van der Waals surface area contributed by atoms with Crippen molar-refractivity contribution >= 4 is 11.6 Å². The lowest BCUT2D eigenvalue weighted by molar-refractivity contribution is 0.349. The van der Waals surface area contributed by atoms with Gasteiger partial charge in [-0.25, -0.2) is 0 Å². The average molecular weight is 306 g/mol. The predicted molar refractivity (Wildman–Crippen MR) is 84.2 cm³/mol.